The van der Waals surface area contributed by atoms with Gasteiger partial charge in [-0.2, -0.15) is 0 Å². The fraction of sp³-hybridized carbons (Fsp3) is 0.258. The molecule has 0 spiro atoms. The minimum Gasteiger partial charge on any atom is -0.376 e. The molecule has 0 saturated carbocycles. The summed E-state index contributed by atoms with van der Waals surface area (Å²) in [6, 6.07) is 22.0. The quantitative estimate of drug-likeness (QED) is 0.506. The summed E-state index contributed by atoms with van der Waals surface area (Å²) in [4.78, 5) is 13.6. The molecule has 0 bridgehead atoms. The summed E-state index contributed by atoms with van der Waals surface area (Å²) >= 11 is 0. The van der Waals surface area contributed by atoms with Gasteiger partial charge in [-0.15, -0.1) is 0 Å². The predicted octanol–water partition coefficient (Wildman–Crippen LogP) is 5.89. The van der Waals surface area contributed by atoms with Crippen molar-refractivity contribution in [3.05, 3.63) is 112 Å². The van der Waals surface area contributed by atoms with Gasteiger partial charge in [-0.3, -0.25) is 4.79 Å². The Hall–Kier alpha value is -3.61. The number of aliphatic hydroxyl groups excluding tert-OH is 1. The third kappa shape index (κ3) is 4.83. The van der Waals surface area contributed by atoms with Gasteiger partial charge >= 0.3 is 0 Å². The molecule has 1 N–H and O–H groups in total. The third-order valence-electron chi connectivity index (χ3n) is 6.45. The first-order valence-electron chi connectivity index (χ1n) is 11.6. The number of carbonyl (C=O) groups is 1. The maximum Gasteiger partial charge on any atom is 0.253 e. The number of aryl methyl sites for hydroxylation is 1. The molecule has 1 unspecified atom stereocenters. The van der Waals surface area contributed by atoms with E-state index in [-0.39, 0.29) is 11.3 Å². The van der Waals surface area contributed by atoms with Gasteiger partial charge in [0.1, 0.15) is 6.10 Å². The van der Waals surface area contributed by atoms with Crippen molar-refractivity contribution in [2.75, 3.05) is 14.1 Å². The van der Waals surface area contributed by atoms with Gasteiger partial charge in [0.05, 0.1) is 0 Å². The van der Waals surface area contributed by atoms with Crippen molar-refractivity contribution < 1.29 is 9.90 Å². The summed E-state index contributed by atoms with van der Waals surface area (Å²) < 4.78 is 0. The molecule has 3 nitrogen and oxygen atoms in total. The molecule has 3 aromatic carbocycles. The fourth-order valence-corrected chi connectivity index (χ4v) is 4.30. The van der Waals surface area contributed by atoms with Crippen LogP contribution < -0.4 is 0 Å². The highest BCUT2D eigenvalue weighted by atomic mass is 16.3. The first-order chi connectivity index (χ1) is 16.2. The second kappa shape index (κ2) is 9.33. The van der Waals surface area contributed by atoms with E-state index in [0.717, 1.165) is 17.5 Å². The van der Waals surface area contributed by atoms with E-state index in [9.17, 15) is 9.90 Å². The number of aliphatic hydroxyl groups is 1. The van der Waals surface area contributed by atoms with E-state index >= 15 is 0 Å². The molecule has 0 saturated heterocycles. The molecule has 3 aromatic rings. The smallest absolute Gasteiger partial charge is 0.253 e. The normalized spacial score (nSPS) is 14.8. The monoisotopic (exact) mass is 449 g/mol. The highest BCUT2D eigenvalue weighted by Crippen LogP contribution is 2.42. The third-order valence-corrected chi connectivity index (χ3v) is 6.45. The molecule has 1 atom stereocenters. The molecule has 1 aliphatic rings. The molecule has 3 heteroatoms. The van der Waals surface area contributed by atoms with Crippen LogP contribution in [0.3, 0.4) is 0 Å². The number of hydrogen-bond donors (Lipinski definition) is 1. The van der Waals surface area contributed by atoms with Crippen molar-refractivity contribution >= 4 is 11.5 Å². The van der Waals surface area contributed by atoms with Crippen LogP contribution in [0.5, 0.6) is 0 Å². The Bertz CT molecular complexity index is 1300. The maximum absolute atomic E-state index is 12.1. The van der Waals surface area contributed by atoms with Crippen LogP contribution in [0.2, 0.25) is 0 Å². The predicted molar refractivity (Wildman–Crippen MR) is 139 cm³/mol. The fourth-order valence-electron chi connectivity index (χ4n) is 4.30. The lowest BCUT2D eigenvalue weighted by Crippen LogP contribution is -2.22. The lowest BCUT2D eigenvalue weighted by atomic mass is 9.71. The van der Waals surface area contributed by atoms with Gasteiger partial charge in [-0.1, -0.05) is 79.8 Å². The van der Waals surface area contributed by atoms with Gasteiger partial charge in [0.15, 0.2) is 0 Å². The Morgan fingerprint density at radius 2 is 1.68 bits per heavy atom. The van der Waals surface area contributed by atoms with Crippen LogP contribution in [0.1, 0.15) is 70.1 Å². The average molecular weight is 450 g/mol. The molecule has 172 valence electrons. The van der Waals surface area contributed by atoms with Crippen LogP contribution in [-0.2, 0) is 5.41 Å². The Kier molecular flexibility index (Phi) is 6.46. The topological polar surface area (TPSA) is 40.5 Å². The zero-order valence-corrected chi connectivity index (χ0v) is 20.5. The van der Waals surface area contributed by atoms with Gasteiger partial charge in [-0.25, -0.2) is 0 Å². The van der Waals surface area contributed by atoms with E-state index in [1.807, 2.05) is 18.2 Å². The zero-order chi connectivity index (χ0) is 24.5. The number of nitrogens with zero attached hydrogens (tertiary/aromatic N) is 1. The molecule has 34 heavy (non-hydrogen) atoms. The number of amides is 1. The van der Waals surface area contributed by atoms with E-state index in [1.54, 1.807) is 31.1 Å². The van der Waals surface area contributed by atoms with Crippen LogP contribution in [0.15, 0.2) is 72.8 Å². The van der Waals surface area contributed by atoms with Crippen molar-refractivity contribution in [1.82, 2.24) is 4.90 Å². The molecule has 0 aliphatic heterocycles. The first-order valence-corrected chi connectivity index (χ1v) is 11.6. The van der Waals surface area contributed by atoms with E-state index in [2.05, 4.69) is 75.1 Å². The summed E-state index contributed by atoms with van der Waals surface area (Å²) in [7, 11) is 3.46. The molecule has 0 aromatic heterocycles. The molecule has 0 fully saturated rings. The van der Waals surface area contributed by atoms with Crippen molar-refractivity contribution in [1.29, 1.82) is 0 Å². The number of allylic oxidation sites excluding steroid dienone is 1. The Morgan fingerprint density at radius 1 is 1.00 bits per heavy atom. The first kappa shape index (κ1) is 23.5. The molecule has 4 rings (SSSR count). The van der Waals surface area contributed by atoms with Gasteiger partial charge in [0, 0.05) is 25.2 Å². The Balaban J connectivity index is 1.60. The maximum atomic E-state index is 12.1. The van der Waals surface area contributed by atoms with Gasteiger partial charge < -0.3 is 10.0 Å². The summed E-state index contributed by atoms with van der Waals surface area (Å²) in [5, 5.41) is 10.8. The molecule has 0 radical (unpaired) electrons. The SMILES string of the molecule is Cc1ccc(C2=CCC(C)(C)c3cc(C(O)C#Cc4ccc(C(=O)N(C)C)cc4)ccc32)cc1. The minimum absolute atomic E-state index is 0.0263. The minimum atomic E-state index is -0.891. The van der Waals surface area contributed by atoms with Crippen LogP contribution in [-0.4, -0.2) is 30.0 Å². The van der Waals surface area contributed by atoms with Crippen LogP contribution in [0.25, 0.3) is 5.57 Å². The highest BCUT2D eigenvalue weighted by Gasteiger charge is 2.29. The van der Waals surface area contributed by atoms with Crippen molar-refractivity contribution in [2.45, 2.75) is 38.7 Å². The number of fused-ring (bicyclic) bond motifs is 1. The largest absolute Gasteiger partial charge is 0.376 e. The molecule has 1 amide bonds. The standard InChI is InChI=1S/C31H31NO2/c1-21-6-11-23(12-7-21)26-18-19-31(2,3)28-20-25(15-16-27(26)28)29(33)17-10-22-8-13-24(14-9-22)30(34)32(4)5/h6-9,11-16,18,20,29,33H,19H2,1-5H3. The second-order valence-electron chi connectivity index (χ2n) is 9.83. The van der Waals surface area contributed by atoms with Crippen molar-refractivity contribution in [2.24, 2.45) is 0 Å². The highest BCUT2D eigenvalue weighted by molar-refractivity contribution is 5.94. The van der Waals surface area contributed by atoms with E-state index in [1.165, 1.54) is 27.8 Å². The van der Waals surface area contributed by atoms with Gasteiger partial charge in [0.2, 0.25) is 0 Å². The van der Waals surface area contributed by atoms with Crippen LogP contribution in [0.4, 0.5) is 0 Å². The van der Waals surface area contributed by atoms with E-state index < -0.39 is 6.10 Å². The van der Waals surface area contributed by atoms with Crippen molar-refractivity contribution in [3.63, 3.8) is 0 Å². The number of benzene rings is 3. The summed E-state index contributed by atoms with van der Waals surface area (Å²) in [6.45, 7) is 6.59. The molecular formula is C31H31NO2. The second-order valence-corrected chi connectivity index (χ2v) is 9.83. The molecule has 1 aliphatic carbocycles. The number of carbonyl (C=O) groups excluding carboxylic acids is 1. The Morgan fingerprint density at radius 3 is 2.32 bits per heavy atom. The van der Waals surface area contributed by atoms with E-state index in [0.29, 0.717) is 5.56 Å². The lowest BCUT2D eigenvalue weighted by Gasteiger charge is -2.33. The summed E-state index contributed by atoms with van der Waals surface area (Å²) in [5.74, 6) is 5.96. The number of rotatable bonds is 3. The molecule has 0 heterocycles. The summed E-state index contributed by atoms with van der Waals surface area (Å²) in [5.41, 5.74) is 8.30. The Labute approximate surface area is 202 Å². The van der Waals surface area contributed by atoms with Crippen molar-refractivity contribution in [3.8, 4) is 11.8 Å². The van der Waals surface area contributed by atoms with Crippen LogP contribution >= 0.6 is 0 Å². The summed E-state index contributed by atoms with van der Waals surface area (Å²) in [6.07, 6.45) is 2.37. The van der Waals surface area contributed by atoms with E-state index in [4.69, 9.17) is 0 Å². The van der Waals surface area contributed by atoms with Gasteiger partial charge in [-0.05, 0) is 70.9 Å². The average Bonchev–Trinajstić information content (AvgIpc) is 2.83. The van der Waals surface area contributed by atoms with Crippen LogP contribution in [0, 0.1) is 18.8 Å². The molecular weight excluding hydrogens is 418 g/mol. The number of hydrogen-bond acceptors (Lipinski definition) is 2. The lowest BCUT2D eigenvalue weighted by molar-refractivity contribution is 0.0827. The zero-order valence-electron chi connectivity index (χ0n) is 20.5. The van der Waals surface area contributed by atoms with Gasteiger partial charge in [0.25, 0.3) is 5.91 Å².